The topological polar surface area (TPSA) is 77.1 Å². The van der Waals surface area contributed by atoms with Gasteiger partial charge in [0.25, 0.3) is 5.91 Å². The summed E-state index contributed by atoms with van der Waals surface area (Å²) >= 11 is 0. The van der Waals surface area contributed by atoms with Gasteiger partial charge in [-0.3, -0.25) is 9.59 Å². The minimum absolute atomic E-state index is 0.000793. The van der Waals surface area contributed by atoms with E-state index in [0.29, 0.717) is 13.2 Å². The van der Waals surface area contributed by atoms with E-state index in [0.717, 1.165) is 68.9 Å². The summed E-state index contributed by atoms with van der Waals surface area (Å²) in [7, 11) is 0. The van der Waals surface area contributed by atoms with Crippen LogP contribution in [0.15, 0.2) is 28.7 Å². The van der Waals surface area contributed by atoms with Crippen molar-refractivity contribution in [1.82, 2.24) is 9.88 Å². The number of carbonyl (C=O) groups is 2. The second-order valence-corrected chi connectivity index (χ2v) is 8.13. The van der Waals surface area contributed by atoms with Crippen molar-refractivity contribution < 1.29 is 23.6 Å². The van der Waals surface area contributed by atoms with Crippen LogP contribution in [0.3, 0.4) is 0 Å². The number of nitrogens with one attached hydrogen (secondary N) is 1. The molecule has 0 aliphatic carbocycles. The first kappa shape index (κ1) is 19.9. The number of oxazole rings is 1. The van der Waals surface area contributed by atoms with E-state index in [1.54, 1.807) is 0 Å². The number of aromatic nitrogens is 1. The van der Waals surface area contributed by atoms with Gasteiger partial charge in [0.05, 0.1) is 25.6 Å². The molecule has 3 heterocycles. The van der Waals surface area contributed by atoms with Gasteiger partial charge in [-0.15, -0.1) is 0 Å². The smallest absolute Gasteiger partial charge is 0.309 e. The van der Waals surface area contributed by atoms with Crippen LogP contribution in [0, 0.1) is 5.92 Å². The summed E-state index contributed by atoms with van der Waals surface area (Å²) in [6, 6.07) is 7.83. The number of hydrogen-bond acceptors (Lipinski definition) is 5. The van der Waals surface area contributed by atoms with E-state index in [4.69, 9.17) is 9.15 Å². The molecule has 0 saturated carbocycles. The molecule has 0 spiro atoms. The van der Waals surface area contributed by atoms with Crippen LogP contribution in [-0.2, 0) is 14.3 Å². The summed E-state index contributed by atoms with van der Waals surface area (Å²) in [5.41, 5.74) is 1.73. The number of hydrogen-bond donors (Lipinski definition) is 1. The number of para-hydroxylation sites is 2. The summed E-state index contributed by atoms with van der Waals surface area (Å²) in [5, 5.41) is 0. The average molecular weight is 400 g/mol. The number of rotatable bonds is 5. The first-order valence-corrected chi connectivity index (χ1v) is 10.8. The third-order valence-electron chi connectivity index (χ3n) is 6.22. The number of benzene rings is 1. The number of esters is 1. The van der Waals surface area contributed by atoms with Crippen LogP contribution in [0.5, 0.6) is 0 Å². The highest BCUT2D eigenvalue weighted by Gasteiger charge is 2.32. The fourth-order valence-electron chi connectivity index (χ4n) is 4.46. The molecule has 0 atom stereocenters. The molecule has 1 aromatic heterocycles. The van der Waals surface area contributed by atoms with E-state index >= 15 is 0 Å². The molecule has 2 saturated heterocycles. The second-order valence-electron chi connectivity index (χ2n) is 8.13. The van der Waals surface area contributed by atoms with Crippen molar-refractivity contribution in [3.63, 3.8) is 0 Å². The molecule has 0 radical (unpaired) electrons. The Morgan fingerprint density at radius 1 is 1.17 bits per heavy atom. The molecule has 2 aromatic rings. The van der Waals surface area contributed by atoms with Crippen LogP contribution in [-0.4, -0.2) is 61.1 Å². The van der Waals surface area contributed by atoms with Crippen molar-refractivity contribution in [2.45, 2.75) is 38.5 Å². The monoisotopic (exact) mass is 400 g/mol. The number of amides is 1. The summed E-state index contributed by atoms with van der Waals surface area (Å²) in [5.74, 6) is 1.20. The lowest BCUT2D eigenvalue weighted by Crippen LogP contribution is -3.14. The predicted molar refractivity (Wildman–Crippen MR) is 107 cm³/mol. The van der Waals surface area contributed by atoms with Crippen molar-refractivity contribution in [1.29, 1.82) is 0 Å². The number of nitrogens with zero attached hydrogens (tertiary/aromatic N) is 2. The SMILES string of the molecule is CCOC(=O)C1CC[NH+](CC(=O)N2CCC(c3nc4ccccc4o3)CC2)CC1. The number of fused-ring (bicyclic) bond motifs is 1. The molecule has 7 heteroatoms. The zero-order valence-electron chi connectivity index (χ0n) is 17.1. The molecule has 7 nitrogen and oxygen atoms in total. The highest BCUT2D eigenvalue weighted by molar-refractivity contribution is 5.77. The van der Waals surface area contributed by atoms with Gasteiger partial charge in [-0.05, 0) is 31.9 Å². The van der Waals surface area contributed by atoms with E-state index in [2.05, 4.69) is 4.98 Å². The van der Waals surface area contributed by atoms with Crippen molar-refractivity contribution in [3.8, 4) is 0 Å². The molecule has 1 aromatic carbocycles. The molecule has 1 N–H and O–H groups in total. The Morgan fingerprint density at radius 2 is 1.90 bits per heavy atom. The van der Waals surface area contributed by atoms with E-state index in [1.807, 2.05) is 36.1 Å². The summed E-state index contributed by atoms with van der Waals surface area (Å²) in [4.78, 5) is 32.5. The summed E-state index contributed by atoms with van der Waals surface area (Å²) in [6.45, 7) is 6.00. The van der Waals surface area contributed by atoms with Gasteiger partial charge < -0.3 is 19.0 Å². The number of likely N-dealkylation sites (tertiary alicyclic amines) is 2. The molecule has 1 amide bonds. The quantitative estimate of drug-likeness (QED) is 0.768. The first-order valence-electron chi connectivity index (χ1n) is 10.8. The van der Waals surface area contributed by atoms with Gasteiger partial charge in [-0.25, -0.2) is 4.98 Å². The highest BCUT2D eigenvalue weighted by Crippen LogP contribution is 2.29. The lowest BCUT2D eigenvalue weighted by Gasteiger charge is -2.33. The molecule has 0 unspecified atom stereocenters. The van der Waals surface area contributed by atoms with Crippen LogP contribution in [0.25, 0.3) is 11.1 Å². The van der Waals surface area contributed by atoms with Gasteiger partial charge >= 0.3 is 5.97 Å². The molecule has 156 valence electrons. The van der Waals surface area contributed by atoms with Crippen LogP contribution >= 0.6 is 0 Å². The van der Waals surface area contributed by atoms with Crippen molar-refractivity contribution in [2.75, 3.05) is 39.3 Å². The van der Waals surface area contributed by atoms with E-state index in [1.165, 1.54) is 4.90 Å². The zero-order chi connectivity index (χ0) is 20.2. The summed E-state index contributed by atoms with van der Waals surface area (Å²) in [6.07, 6.45) is 3.39. The zero-order valence-corrected chi connectivity index (χ0v) is 17.1. The molecule has 2 aliphatic rings. The Hall–Kier alpha value is -2.41. The van der Waals surface area contributed by atoms with Gasteiger partial charge in [0, 0.05) is 31.8 Å². The van der Waals surface area contributed by atoms with Crippen LogP contribution in [0.4, 0.5) is 0 Å². The number of carbonyl (C=O) groups excluding carboxylic acids is 2. The molecular formula is C22H30N3O4+. The lowest BCUT2D eigenvalue weighted by molar-refractivity contribution is -0.898. The third-order valence-corrected chi connectivity index (χ3v) is 6.22. The maximum absolute atomic E-state index is 12.7. The minimum Gasteiger partial charge on any atom is -0.466 e. The normalized spacial score (nSPS) is 23.3. The lowest BCUT2D eigenvalue weighted by atomic mass is 9.96. The number of ether oxygens (including phenoxy) is 1. The van der Waals surface area contributed by atoms with Crippen molar-refractivity contribution in [2.24, 2.45) is 5.92 Å². The van der Waals surface area contributed by atoms with E-state index < -0.39 is 0 Å². The molecule has 0 bridgehead atoms. The maximum atomic E-state index is 12.7. The Labute approximate surface area is 171 Å². The van der Waals surface area contributed by atoms with Gasteiger partial charge in [0.2, 0.25) is 0 Å². The fourth-order valence-corrected chi connectivity index (χ4v) is 4.46. The van der Waals surface area contributed by atoms with Gasteiger partial charge in [0.15, 0.2) is 18.0 Å². The van der Waals surface area contributed by atoms with Gasteiger partial charge in [0.1, 0.15) is 5.52 Å². The van der Waals surface area contributed by atoms with E-state index in [9.17, 15) is 9.59 Å². The van der Waals surface area contributed by atoms with Gasteiger partial charge in [-0.1, -0.05) is 12.1 Å². The van der Waals surface area contributed by atoms with Crippen LogP contribution < -0.4 is 4.90 Å². The Kier molecular flexibility index (Phi) is 6.13. The Bertz CT molecular complexity index is 816. The molecule has 4 rings (SSSR count). The molecule has 2 fully saturated rings. The Morgan fingerprint density at radius 3 is 2.59 bits per heavy atom. The van der Waals surface area contributed by atoms with Crippen molar-refractivity contribution in [3.05, 3.63) is 30.2 Å². The predicted octanol–water partition coefficient (Wildman–Crippen LogP) is 1.39. The highest BCUT2D eigenvalue weighted by atomic mass is 16.5. The standard InChI is InChI=1S/C22H29N3O4/c1-2-28-22(27)17-7-11-24(12-8-17)15-20(26)25-13-9-16(10-14-25)21-23-18-5-3-4-6-19(18)29-21/h3-6,16-17H,2,7-15H2,1H3/p+1. The molecule has 2 aliphatic heterocycles. The summed E-state index contributed by atoms with van der Waals surface area (Å²) < 4.78 is 11.0. The number of piperidine rings is 2. The fraction of sp³-hybridized carbons (Fsp3) is 0.591. The Balaban J connectivity index is 1.24. The minimum atomic E-state index is -0.0841. The van der Waals surface area contributed by atoms with Crippen LogP contribution in [0.1, 0.15) is 44.4 Å². The van der Waals surface area contributed by atoms with Crippen molar-refractivity contribution >= 4 is 23.0 Å². The van der Waals surface area contributed by atoms with Crippen LogP contribution in [0.2, 0.25) is 0 Å². The first-order chi connectivity index (χ1) is 14.1. The average Bonchev–Trinajstić information content (AvgIpc) is 3.19. The number of quaternary nitrogens is 1. The third kappa shape index (κ3) is 4.61. The molecular weight excluding hydrogens is 370 g/mol. The van der Waals surface area contributed by atoms with E-state index in [-0.39, 0.29) is 23.7 Å². The van der Waals surface area contributed by atoms with Gasteiger partial charge in [-0.2, -0.15) is 0 Å². The second kappa shape index (κ2) is 8.95. The maximum Gasteiger partial charge on any atom is 0.309 e. The molecule has 29 heavy (non-hydrogen) atoms. The largest absolute Gasteiger partial charge is 0.466 e.